The molecular formula is C10H11BrO3. The van der Waals surface area contributed by atoms with Crippen molar-refractivity contribution in [2.45, 2.75) is 6.92 Å². The topological polar surface area (TPSA) is 35.5 Å². The van der Waals surface area contributed by atoms with Crippen LogP contribution < -0.4 is 4.74 Å². The average molecular weight is 259 g/mol. The highest BCUT2D eigenvalue weighted by molar-refractivity contribution is 9.10. The SMILES string of the molecule is CCOc1ccc(C(=O)OC)cc1Br. The van der Waals surface area contributed by atoms with E-state index < -0.39 is 0 Å². The highest BCUT2D eigenvalue weighted by atomic mass is 79.9. The van der Waals surface area contributed by atoms with Gasteiger partial charge in [-0.25, -0.2) is 4.79 Å². The molecule has 14 heavy (non-hydrogen) atoms. The fraction of sp³-hybridized carbons (Fsp3) is 0.300. The third kappa shape index (κ3) is 2.48. The van der Waals surface area contributed by atoms with E-state index >= 15 is 0 Å². The maximum absolute atomic E-state index is 11.2. The van der Waals surface area contributed by atoms with Gasteiger partial charge in [0.15, 0.2) is 0 Å². The Labute approximate surface area is 91.1 Å². The van der Waals surface area contributed by atoms with Gasteiger partial charge in [-0.3, -0.25) is 0 Å². The van der Waals surface area contributed by atoms with Crippen LogP contribution in [0.4, 0.5) is 0 Å². The molecule has 0 saturated carbocycles. The summed E-state index contributed by atoms with van der Waals surface area (Å²) in [5, 5.41) is 0. The lowest BCUT2D eigenvalue weighted by atomic mass is 10.2. The molecule has 76 valence electrons. The van der Waals surface area contributed by atoms with Crippen molar-refractivity contribution >= 4 is 21.9 Å². The molecule has 1 aromatic carbocycles. The first-order chi connectivity index (χ1) is 6.69. The van der Waals surface area contributed by atoms with Crippen LogP contribution in [0.25, 0.3) is 0 Å². The molecule has 0 N–H and O–H groups in total. The van der Waals surface area contributed by atoms with Crippen molar-refractivity contribution in [2.24, 2.45) is 0 Å². The molecule has 0 fully saturated rings. The van der Waals surface area contributed by atoms with Gasteiger partial charge in [-0.2, -0.15) is 0 Å². The van der Waals surface area contributed by atoms with E-state index in [1.165, 1.54) is 7.11 Å². The van der Waals surface area contributed by atoms with Crippen LogP contribution in [-0.4, -0.2) is 19.7 Å². The Kier molecular flexibility index (Phi) is 3.95. The number of ether oxygens (including phenoxy) is 2. The number of benzene rings is 1. The number of hydrogen-bond donors (Lipinski definition) is 0. The summed E-state index contributed by atoms with van der Waals surface area (Å²) in [6.07, 6.45) is 0. The Morgan fingerprint density at radius 1 is 1.50 bits per heavy atom. The molecule has 0 unspecified atom stereocenters. The number of hydrogen-bond acceptors (Lipinski definition) is 3. The van der Waals surface area contributed by atoms with Gasteiger partial charge in [0.05, 0.1) is 23.8 Å². The lowest BCUT2D eigenvalue weighted by Crippen LogP contribution is -2.01. The van der Waals surface area contributed by atoms with Crippen molar-refractivity contribution in [3.63, 3.8) is 0 Å². The molecule has 0 spiro atoms. The predicted octanol–water partition coefficient (Wildman–Crippen LogP) is 2.63. The number of methoxy groups -OCH3 is 1. The maximum atomic E-state index is 11.2. The summed E-state index contributed by atoms with van der Waals surface area (Å²) in [7, 11) is 1.35. The van der Waals surface area contributed by atoms with E-state index in [1.807, 2.05) is 6.92 Å². The van der Waals surface area contributed by atoms with Crippen LogP contribution in [0.2, 0.25) is 0 Å². The second-order valence-electron chi connectivity index (χ2n) is 2.57. The molecule has 0 aliphatic heterocycles. The summed E-state index contributed by atoms with van der Waals surface area (Å²) in [6, 6.07) is 5.08. The summed E-state index contributed by atoms with van der Waals surface area (Å²) < 4.78 is 10.6. The number of halogens is 1. The standard InChI is InChI=1S/C10H11BrO3/c1-3-14-9-5-4-7(6-8(9)11)10(12)13-2/h4-6H,3H2,1-2H3. The zero-order valence-corrected chi connectivity index (χ0v) is 9.63. The Morgan fingerprint density at radius 3 is 2.71 bits per heavy atom. The summed E-state index contributed by atoms with van der Waals surface area (Å²) in [4.78, 5) is 11.2. The molecular weight excluding hydrogens is 248 g/mol. The van der Waals surface area contributed by atoms with Gasteiger partial charge >= 0.3 is 5.97 Å². The molecule has 1 rings (SSSR count). The number of esters is 1. The van der Waals surface area contributed by atoms with Crippen LogP contribution in [0.3, 0.4) is 0 Å². The quantitative estimate of drug-likeness (QED) is 0.783. The molecule has 0 atom stereocenters. The van der Waals surface area contributed by atoms with Crippen molar-refractivity contribution in [3.05, 3.63) is 28.2 Å². The normalized spacial score (nSPS) is 9.64. The number of rotatable bonds is 3. The van der Waals surface area contributed by atoms with Crippen LogP contribution in [0.15, 0.2) is 22.7 Å². The number of carbonyl (C=O) groups excluding carboxylic acids is 1. The van der Waals surface area contributed by atoms with Crippen molar-refractivity contribution in [1.29, 1.82) is 0 Å². The highest BCUT2D eigenvalue weighted by Gasteiger charge is 2.08. The monoisotopic (exact) mass is 258 g/mol. The molecule has 0 heterocycles. The van der Waals surface area contributed by atoms with Crippen LogP contribution in [-0.2, 0) is 4.74 Å². The predicted molar refractivity (Wildman–Crippen MR) is 56.7 cm³/mol. The zero-order chi connectivity index (χ0) is 10.6. The van der Waals surface area contributed by atoms with Gasteiger partial charge in [-0.1, -0.05) is 0 Å². The fourth-order valence-corrected chi connectivity index (χ4v) is 1.51. The van der Waals surface area contributed by atoms with Gasteiger partial charge in [0, 0.05) is 0 Å². The van der Waals surface area contributed by atoms with Crippen molar-refractivity contribution in [1.82, 2.24) is 0 Å². The number of carbonyl (C=O) groups is 1. The van der Waals surface area contributed by atoms with Crippen LogP contribution in [0, 0.1) is 0 Å². The minimum Gasteiger partial charge on any atom is -0.493 e. The van der Waals surface area contributed by atoms with Gasteiger partial charge in [0.25, 0.3) is 0 Å². The van der Waals surface area contributed by atoms with Crippen LogP contribution in [0.1, 0.15) is 17.3 Å². The summed E-state index contributed by atoms with van der Waals surface area (Å²) in [5.41, 5.74) is 0.503. The van der Waals surface area contributed by atoms with E-state index in [2.05, 4.69) is 20.7 Å². The smallest absolute Gasteiger partial charge is 0.337 e. The molecule has 1 aromatic rings. The first-order valence-electron chi connectivity index (χ1n) is 4.19. The van der Waals surface area contributed by atoms with E-state index in [0.29, 0.717) is 12.2 Å². The summed E-state index contributed by atoms with van der Waals surface area (Å²) >= 11 is 3.31. The first-order valence-corrected chi connectivity index (χ1v) is 4.99. The third-order valence-corrected chi connectivity index (χ3v) is 2.27. The lowest BCUT2D eigenvalue weighted by molar-refractivity contribution is 0.0600. The average Bonchev–Trinajstić information content (AvgIpc) is 2.20. The second kappa shape index (κ2) is 5.00. The largest absolute Gasteiger partial charge is 0.493 e. The fourth-order valence-electron chi connectivity index (χ4n) is 1.02. The van der Waals surface area contributed by atoms with Crippen molar-refractivity contribution < 1.29 is 14.3 Å². The van der Waals surface area contributed by atoms with Gasteiger partial charge in [0.1, 0.15) is 5.75 Å². The highest BCUT2D eigenvalue weighted by Crippen LogP contribution is 2.26. The first kappa shape index (κ1) is 11.0. The molecule has 4 heteroatoms. The van der Waals surface area contributed by atoms with E-state index in [-0.39, 0.29) is 5.97 Å². The Morgan fingerprint density at radius 2 is 2.21 bits per heavy atom. The molecule has 0 aliphatic rings. The van der Waals surface area contributed by atoms with Crippen molar-refractivity contribution in [3.8, 4) is 5.75 Å². The molecule has 0 amide bonds. The van der Waals surface area contributed by atoms with Crippen LogP contribution >= 0.6 is 15.9 Å². The lowest BCUT2D eigenvalue weighted by Gasteiger charge is -2.06. The molecule has 3 nitrogen and oxygen atoms in total. The molecule has 0 bridgehead atoms. The zero-order valence-electron chi connectivity index (χ0n) is 8.04. The van der Waals surface area contributed by atoms with E-state index in [1.54, 1.807) is 18.2 Å². The van der Waals surface area contributed by atoms with Crippen LogP contribution in [0.5, 0.6) is 5.75 Å². The van der Waals surface area contributed by atoms with Crippen molar-refractivity contribution in [2.75, 3.05) is 13.7 Å². The Balaban J connectivity index is 2.94. The third-order valence-electron chi connectivity index (χ3n) is 1.65. The minimum atomic E-state index is -0.353. The molecule has 0 saturated heterocycles. The van der Waals surface area contributed by atoms with E-state index in [4.69, 9.17) is 4.74 Å². The Bertz CT molecular complexity index is 336. The molecule has 0 aliphatic carbocycles. The molecule has 0 aromatic heterocycles. The van der Waals surface area contributed by atoms with E-state index in [0.717, 1.165) is 10.2 Å². The second-order valence-corrected chi connectivity index (χ2v) is 3.42. The van der Waals surface area contributed by atoms with Gasteiger partial charge in [-0.05, 0) is 41.1 Å². The molecule has 0 radical (unpaired) electrons. The maximum Gasteiger partial charge on any atom is 0.337 e. The Hall–Kier alpha value is -1.03. The minimum absolute atomic E-state index is 0.353. The van der Waals surface area contributed by atoms with Gasteiger partial charge < -0.3 is 9.47 Å². The van der Waals surface area contributed by atoms with Gasteiger partial charge in [0.2, 0.25) is 0 Å². The van der Waals surface area contributed by atoms with Gasteiger partial charge in [-0.15, -0.1) is 0 Å². The summed E-state index contributed by atoms with van der Waals surface area (Å²) in [6.45, 7) is 2.50. The van der Waals surface area contributed by atoms with E-state index in [9.17, 15) is 4.79 Å². The summed E-state index contributed by atoms with van der Waals surface area (Å²) in [5.74, 6) is 0.369.